The van der Waals surface area contributed by atoms with Crippen molar-refractivity contribution in [3.63, 3.8) is 0 Å². The molecule has 0 heterocycles. The molecule has 0 aliphatic carbocycles. The van der Waals surface area contributed by atoms with Gasteiger partial charge in [0, 0.05) is 26.1 Å². The highest BCUT2D eigenvalue weighted by Crippen LogP contribution is 2.27. The molecule has 7 nitrogen and oxygen atoms in total. The van der Waals surface area contributed by atoms with Crippen LogP contribution in [0.1, 0.15) is 25.8 Å². The van der Waals surface area contributed by atoms with Gasteiger partial charge >= 0.3 is 0 Å². The Morgan fingerprint density at radius 2 is 1.84 bits per heavy atom. The molecule has 0 aromatic heterocycles. The van der Waals surface area contributed by atoms with E-state index in [-0.39, 0.29) is 24.8 Å². The summed E-state index contributed by atoms with van der Waals surface area (Å²) in [4.78, 5) is 12.0. The Balaban J connectivity index is 2.57. The van der Waals surface area contributed by atoms with Gasteiger partial charge in [-0.1, -0.05) is 19.9 Å². The number of methoxy groups -OCH3 is 2. The van der Waals surface area contributed by atoms with E-state index in [9.17, 15) is 13.2 Å². The number of carbonyl (C=O) groups excluding carboxylic acids is 1. The largest absolute Gasteiger partial charge is 0.493 e. The Morgan fingerprint density at radius 1 is 1.20 bits per heavy atom. The van der Waals surface area contributed by atoms with Crippen LogP contribution in [0.2, 0.25) is 0 Å². The third-order valence-electron chi connectivity index (χ3n) is 3.56. The fraction of sp³-hybridized carbons (Fsp3) is 0.588. The second-order valence-corrected chi connectivity index (χ2v) is 8.21. The number of sulfonamides is 1. The molecule has 1 amide bonds. The highest BCUT2D eigenvalue weighted by atomic mass is 32.2. The zero-order valence-electron chi connectivity index (χ0n) is 15.5. The quantitative estimate of drug-likeness (QED) is 0.675. The number of ether oxygens (including phenoxy) is 2. The molecule has 8 heteroatoms. The van der Waals surface area contributed by atoms with Gasteiger partial charge in [0.1, 0.15) is 0 Å². The maximum Gasteiger partial charge on any atom is 0.221 e. The van der Waals surface area contributed by atoms with Gasteiger partial charge in [-0.15, -0.1) is 0 Å². The maximum atomic E-state index is 12.0. The third-order valence-corrected chi connectivity index (χ3v) is 4.83. The first-order valence-corrected chi connectivity index (χ1v) is 9.95. The Labute approximate surface area is 150 Å². The maximum absolute atomic E-state index is 12.0. The molecule has 0 atom stereocenters. The third kappa shape index (κ3) is 7.31. The van der Waals surface area contributed by atoms with E-state index in [4.69, 9.17) is 9.47 Å². The van der Waals surface area contributed by atoms with Crippen LogP contribution in [0.15, 0.2) is 18.2 Å². The second-order valence-electron chi connectivity index (χ2n) is 6.23. The molecule has 1 aromatic rings. The monoisotopic (exact) mass is 372 g/mol. The number of amides is 1. The van der Waals surface area contributed by atoms with Crippen LogP contribution >= 0.6 is 0 Å². The van der Waals surface area contributed by atoms with Crippen molar-refractivity contribution in [3.05, 3.63) is 23.8 Å². The van der Waals surface area contributed by atoms with Crippen LogP contribution < -0.4 is 14.8 Å². The summed E-state index contributed by atoms with van der Waals surface area (Å²) in [5.41, 5.74) is 0.869. The lowest BCUT2D eigenvalue weighted by atomic mass is 10.2. The van der Waals surface area contributed by atoms with Gasteiger partial charge in [0.2, 0.25) is 15.9 Å². The van der Waals surface area contributed by atoms with Crippen LogP contribution in [0.3, 0.4) is 0 Å². The van der Waals surface area contributed by atoms with Crippen molar-refractivity contribution in [2.75, 3.05) is 33.6 Å². The molecule has 1 N–H and O–H groups in total. The number of carbonyl (C=O) groups is 1. The summed E-state index contributed by atoms with van der Waals surface area (Å²) in [5.74, 6) is 1.21. The molecule has 0 aliphatic heterocycles. The van der Waals surface area contributed by atoms with E-state index < -0.39 is 10.0 Å². The second kappa shape index (κ2) is 9.62. The van der Waals surface area contributed by atoms with Gasteiger partial charge in [0.05, 0.1) is 20.5 Å². The molecule has 142 valence electrons. The molecule has 0 saturated heterocycles. The molecule has 0 fully saturated rings. The van der Waals surface area contributed by atoms with Crippen LogP contribution in [0, 0.1) is 5.92 Å². The number of benzene rings is 1. The summed E-state index contributed by atoms with van der Waals surface area (Å²) < 4.78 is 35.3. The summed E-state index contributed by atoms with van der Waals surface area (Å²) in [6, 6.07) is 5.40. The number of nitrogens with one attached hydrogen (secondary N) is 1. The zero-order chi connectivity index (χ0) is 19.0. The van der Waals surface area contributed by atoms with Crippen molar-refractivity contribution in [2.45, 2.75) is 26.8 Å². The summed E-state index contributed by atoms with van der Waals surface area (Å²) in [5, 5.41) is 2.79. The van der Waals surface area contributed by atoms with Crippen LogP contribution in [-0.2, 0) is 21.4 Å². The molecular formula is C17H28N2O5S. The Morgan fingerprint density at radius 3 is 2.36 bits per heavy atom. The van der Waals surface area contributed by atoms with Gasteiger partial charge in [-0.3, -0.25) is 4.79 Å². The molecule has 1 aromatic carbocycles. The minimum absolute atomic E-state index is 0.118. The smallest absolute Gasteiger partial charge is 0.221 e. The van der Waals surface area contributed by atoms with E-state index in [1.54, 1.807) is 26.4 Å². The van der Waals surface area contributed by atoms with Crippen LogP contribution in [0.25, 0.3) is 0 Å². The van der Waals surface area contributed by atoms with Crippen molar-refractivity contribution in [1.29, 1.82) is 0 Å². The normalized spacial score (nSPS) is 11.6. The zero-order valence-corrected chi connectivity index (χ0v) is 16.4. The molecule has 0 saturated carbocycles. The Kier molecular flexibility index (Phi) is 8.18. The molecule has 25 heavy (non-hydrogen) atoms. The Hall–Kier alpha value is -1.80. The van der Waals surface area contributed by atoms with E-state index in [1.807, 2.05) is 19.9 Å². The van der Waals surface area contributed by atoms with Crippen molar-refractivity contribution >= 4 is 15.9 Å². The SMILES string of the molecule is COc1ccc(CNC(=O)CCN(CC(C)C)S(C)(=O)=O)cc1OC. The van der Waals surface area contributed by atoms with Crippen molar-refractivity contribution in [1.82, 2.24) is 9.62 Å². The molecule has 0 radical (unpaired) electrons. The van der Waals surface area contributed by atoms with Crippen molar-refractivity contribution in [3.8, 4) is 11.5 Å². The van der Waals surface area contributed by atoms with E-state index >= 15 is 0 Å². The predicted octanol–water partition coefficient (Wildman–Crippen LogP) is 1.63. The molecule has 0 aliphatic rings. The number of nitrogens with zero attached hydrogens (tertiary/aromatic N) is 1. The molecule has 0 spiro atoms. The average Bonchev–Trinajstić information content (AvgIpc) is 2.54. The number of hydrogen-bond acceptors (Lipinski definition) is 5. The summed E-state index contributed by atoms with van der Waals surface area (Å²) in [6.45, 7) is 4.80. The van der Waals surface area contributed by atoms with Crippen LogP contribution in [0.4, 0.5) is 0 Å². The molecular weight excluding hydrogens is 344 g/mol. The first-order chi connectivity index (χ1) is 11.7. The summed E-state index contributed by atoms with van der Waals surface area (Å²) >= 11 is 0. The van der Waals surface area contributed by atoms with E-state index in [2.05, 4.69) is 5.32 Å². The number of hydrogen-bond donors (Lipinski definition) is 1. The van der Waals surface area contributed by atoms with E-state index in [1.165, 1.54) is 4.31 Å². The van der Waals surface area contributed by atoms with Gasteiger partial charge < -0.3 is 14.8 Å². The Bertz CT molecular complexity index is 674. The average molecular weight is 372 g/mol. The summed E-state index contributed by atoms with van der Waals surface area (Å²) in [6.07, 6.45) is 1.28. The first kappa shape index (κ1) is 21.2. The van der Waals surface area contributed by atoms with Crippen molar-refractivity contribution < 1.29 is 22.7 Å². The van der Waals surface area contributed by atoms with E-state index in [0.717, 1.165) is 11.8 Å². The molecule has 0 unspecified atom stereocenters. The fourth-order valence-electron chi connectivity index (χ4n) is 2.31. The molecule has 0 bridgehead atoms. The van der Waals surface area contributed by atoms with Crippen LogP contribution in [0.5, 0.6) is 11.5 Å². The van der Waals surface area contributed by atoms with Gasteiger partial charge in [-0.2, -0.15) is 0 Å². The minimum Gasteiger partial charge on any atom is -0.493 e. The lowest BCUT2D eigenvalue weighted by Gasteiger charge is -2.21. The van der Waals surface area contributed by atoms with Crippen LogP contribution in [-0.4, -0.2) is 52.2 Å². The highest BCUT2D eigenvalue weighted by Gasteiger charge is 2.18. The standard InChI is InChI=1S/C17H28N2O5S/c1-13(2)12-19(25(5,21)22)9-8-17(20)18-11-14-6-7-15(23-3)16(10-14)24-4/h6-7,10,13H,8-9,11-12H2,1-5H3,(H,18,20). The predicted molar refractivity (Wildman–Crippen MR) is 97.3 cm³/mol. The topological polar surface area (TPSA) is 84.9 Å². The summed E-state index contributed by atoms with van der Waals surface area (Å²) in [7, 11) is -0.207. The van der Waals surface area contributed by atoms with E-state index in [0.29, 0.717) is 24.6 Å². The van der Waals surface area contributed by atoms with Gasteiger partial charge in [0.25, 0.3) is 0 Å². The highest BCUT2D eigenvalue weighted by molar-refractivity contribution is 7.88. The van der Waals surface area contributed by atoms with Gasteiger partial charge in [-0.05, 0) is 23.6 Å². The minimum atomic E-state index is -3.32. The van der Waals surface area contributed by atoms with Gasteiger partial charge in [-0.25, -0.2) is 12.7 Å². The number of rotatable bonds is 10. The lowest BCUT2D eigenvalue weighted by molar-refractivity contribution is -0.121. The fourth-order valence-corrected chi connectivity index (χ4v) is 3.30. The first-order valence-electron chi connectivity index (χ1n) is 8.10. The van der Waals surface area contributed by atoms with Gasteiger partial charge in [0.15, 0.2) is 11.5 Å². The molecule has 1 rings (SSSR count). The van der Waals surface area contributed by atoms with Crippen molar-refractivity contribution in [2.24, 2.45) is 5.92 Å². The lowest BCUT2D eigenvalue weighted by Crippen LogP contribution is -2.36.